The van der Waals surface area contributed by atoms with Gasteiger partial charge < -0.3 is 10.2 Å². The second-order valence-corrected chi connectivity index (χ2v) is 5.67. The molecular weight excluding hydrogens is 349 g/mol. The number of imidazole rings is 1. The third-order valence-electron chi connectivity index (χ3n) is 4.16. The van der Waals surface area contributed by atoms with Crippen molar-refractivity contribution < 1.29 is 4.79 Å². The Kier molecular flexibility index (Phi) is 8.18. The zero-order valence-electron chi connectivity index (χ0n) is 13.6. The Balaban J connectivity index is 0.00000144. The predicted octanol–water partition coefficient (Wildman–Crippen LogP) is 2.18. The van der Waals surface area contributed by atoms with E-state index in [0.717, 1.165) is 32.5 Å². The summed E-state index contributed by atoms with van der Waals surface area (Å²) < 4.78 is 1.80. The van der Waals surface area contributed by atoms with E-state index in [1.54, 1.807) is 29.4 Å². The summed E-state index contributed by atoms with van der Waals surface area (Å²) in [4.78, 5) is 22.9. The van der Waals surface area contributed by atoms with Gasteiger partial charge >= 0.3 is 0 Å². The number of piperidine rings is 1. The summed E-state index contributed by atoms with van der Waals surface area (Å²) in [6, 6.07) is 3.60. The van der Waals surface area contributed by atoms with Crippen LogP contribution in [0.15, 0.2) is 37.1 Å². The normalized spacial score (nSPS) is 14.6. The number of carbonyl (C=O) groups is 1. The minimum atomic E-state index is 0. The molecule has 1 aliphatic heterocycles. The molecule has 1 N–H and O–H groups in total. The van der Waals surface area contributed by atoms with E-state index in [9.17, 15) is 4.79 Å². The van der Waals surface area contributed by atoms with Crippen molar-refractivity contribution in [1.82, 2.24) is 24.8 Å². The van der Waals surface area contributed by atoms with Crippen molar-refractivity contribution in [3.63, 3.8) is 0 Å². The lowest BCUT2D eigenvalue weighted by Crippen LogP contribution is -2.40. The SMILES string of the molecule is CNCC1CCN(C(=O)c2ccnc(-n3ccnc3)c2)CC1.Cl.Cl. The maximum absolute atomic E-state index is 12.6. The fraction of sp³-hybridized carbons (Fsp3) is 0.438. The maximum atomic E-state index is 12.6. The molecule has 1 aliphatic rings. The maximum Gasteiger partial charge on any atom is 0.254 e. The largest absolute Gasteiger partial charge is 0.339 e. The molecule has 2 aromatic rings. The first kappa shape index (κ1) is 20.4. The molecule has 1 saturated heterocycles. The minimum Gasteiger partial charge on any atom is -0.339 e. The first-order valence-electron chi connectivity index (χ1n) is 7.66. The number of aromatic nitrogens is 3. The van der Waals surface area contributed by atoms with Gasteiger partial charge in [0.25, 0.3) is 5.91 Å². The zero-order valence-corrected chi connectivity index (χ0v) is 15.2. The summed E-state index contributed by atoms with van der Waals surface area (Å²) >= 11 is 0. The molecular formula is C16H23Cl2N5O. The molecule has 0 bridgehead atoms. The van der Waals surface area contributed by atoms with Crippen molar-refractivity contribution in [2.24, 2.45) is 5.92 Å². The number of rotatable bonds is 4. The average molecular weight is 372 g/mol. The molecule has 3 rings (SSSR count). The number of nitrogens with zero attached hydrogens (tertiary/aromatic N) is 4. The van der Waals surface area contributed by atoms with Crippen LogP contribution in [0.2, 0.25) is 0 Å². The van der Waals surface area contributed by atoms with Crippen molar-refractivity contribution in [3.8, 4) is 5.82 Å². The van der Waals surface area contributed by atoms with Gasteiger partial charge in [0.1, 0.15) is 12.1 Å². The Morgan fingerprint density at radius 3 is 2.67 bits per heavy atom. The standard InChI is InChI=1S/C16H21N5O.2ClH/c1-17-11-13-3-7-20(8-4-13)16(22)14-2-5-19-15(10-14)21-9-6-18-12-21;;/h2,5-6,9-10,12-13,17H,3-4,7-8,11H2,1H3;2*1H. The van der Waals surface area contributed by atoms with Gasteiger partial charge in [0.15, 0.2) is 0 Å². The van der Waals surface area contributed by atoms with Crippen molar-refractivity contribution >= 4 is 30.7 Å². The number of hydrogen-bond donors (Lipinski definition) is 1. The molecule has 8 heteroatoms. The molecule has 0 atom stereocenters. The smallest absolute Gasteiger partial charge is 0.254 e. The fourth-order valence-electron chi connectivity index (χ4n) is 2.90. The van der Waals surface area contributed by atoms with Gasteiger partial charge in [0, 0.05) is 37.2 Å². The molecule has 0 radical (unpaired) electrons. The molecule has 24 heavy (non-hydrogen) atoms. The molecule has 0 aliphatic carbocycles. The topological polar surface area (TPSA) is 63.1 Å². The van der Waals surface area contributed by atoms with Crippen molar-refractivity contribution in [2.75, 3.05) is 26.7 Å². The lowest BCUT2D eigenvalue weighted by atomic mass is 9.96. The second kappa shape index (κ2) is 9.61. The van der Waals surface area contributed by atoms with Gasteiger partial charge in [-0.15, -0.1) is 24.8 Å². The van der Waals surface area contributed by atoms with E-state index in [2.05, 4.69) is 15.3 Å². The first-order chi connectivity index (χ1) is 10.8. The molecule has 1 amide bonds. The Hall–Kier alpha value is -1.63. The highest BCUT2D eigenvalue weighted by atomic mass is 35.5. The lowest BCUT2D eigenvalue weighted by Gasteiger charge is -2.32. The number of hydrogen-bond acceptors (Lipinski definition) is 4. The number of likely N-dealkylation sites (tertiary alicyclic amines) is 1. The van der Waals surface area contributed by atoms with Crippen molar-refractivity contribution in [1.29, 1.82) is 0 Å². The highest BCUT2D eigenvalue weighted by molar-refractivity contribution is 5.94. The average Bonchev–Trinajstić information content (AvgIpc) is 3.10. The zero-order chi connectivity index (χ0) is 15.4. The number of carbonyl (C=O) groups excluding carboxylic acids is 1. The highest BCUT2D eigenvalue weighted by Crippen LogP contribution is 2.19. The lowest BCUT2D eigenvalue weighted by molar-refractivity contribution is 0.0691. The monoisotopic (exact) mass is 371 g/mol. The van der Waals surface area contributed by atoms with E-state index >= 15 is 0 Å². The van der Waals surface area contributed by atoms with E-state index in [-0.39, 0.29) is 30.7 Å². The molecule has 0 unspecified atom stereocenters. The van der Waals surface area contributed by atoms with Gasteiger partial charge in [0.2, 0.25) is 0 Å². The molecule has 0 saturated carbocycles. The van der Waals surface area contributed by atoms with Crippen LogP contribution in [0.5, 0.6) is 0 Å². The summed E-state index contributed by atoms with van der Waals surface area (Å²) in [6.07, 6.45) is 9.00. The second-order valence-electron chi connectivity index (χ2n) is 5.67. The summed E-state index contributed by atoms with van der Waals surface area (Å²) in [5.74, 6) is 1.48. The molecule has 3 heterocycles. The third-order valence-corrected chi connectivity index (χ3v) is 4.16. The molecule has 2 aromatic heterocycles. The number of amides is 1. The molecule has 132 valence electrons. The van der Waals surface area contributed by atoms with Crippen LogP contribution >= 0.6 is 24.8 Å². The number of pyridine rings is 1. The molecule has 0 spiro atoms. The van der Waals surface area contributed by atoms with Crippen LogP contribution in [0, 0.1) is 5.92 Å². The van der Waals surface area contributed by atoms with Gasteiger partial charge in [-0.25, -0.2) is 9.97 Å². The fourth-order valence-corrected chi connectivity index (χ4v) is 2.90. The van der Waals surface area contributed by atoms with E-state index in [4.69, 9.17) is 0 Å². The Morgan fingerprint density at radius 1 is 1.29 bits per heavy atom. The van der Waals surface area contributed by atoms with Gasteiger partial charge in [-0.3, -0.25) is 9.36 Å². The number of nitrogens with one attached hydrogen (secondary N) is 1. The van der Waals surface area contributed by atoms with E-state index in [0.29, 0.717) is 17.3 Å². The highest BCUT2D eigenvalue weighted by Gasteiger charge is 2.23. The van der Waals surface area contributed by atoms with E-state index in [1.807, 2.05) is 24.2 Å². The Labute approximate surface area is 154 Å². The predicted molar refractivity (Wildman–Crippen MR) is 98.4 cm³/mol. The van der Waals surface area contributed by atoms with Crippen molar-refractivity contribution in [2.45, 2.75) is 12.8 Å². The molecule has 6 nitrogen and oxygen atoms in total. The van der Waals surface area contributed by atoms with Gasteiger partial charge in [0.05, 0.1) is 0 Å². The molecule has 0 aromatic carbocycles. The van der Waals surface area contributed by atoms with Crippen LogP contribution in [0.3, 0.4) is 0 Å². The minimum absolute atomic E-state index is 0. The Morgan fingerprint density at radius 2 is 2.04 bits per heavy atom. The van der Waals surface area contributed by atoms with Crippen LogP contribution in [0.25, 0.3) is 5.82 Å². The third kappa shape index (κ3) is 4.69. The van der Waals surface area contributed by atoms with E-state index in [1.165, 1.54) is 0 Å². The van der Waals surface area contributed by atoms with Crippen LogP contribution in [-0.4, -0.2) is 52.0 Å². The van der Waals surface area contributed by atoms with E-state index < -0.39 is 0 Å². The quantitative estimate of drug-likeness (QED) is 0.894. The summed E-state index contributed by atoms with van der Waals surface area (Å²) in [7, 11) is 1.98. The van der Waals surface area contributed by atoms with Crippen molar-refractivity contribution in [3.05, 3.63) is 42.6 Å². The summed E-state index contributed by atoms with van der Waals surface area (Å²) in [6.45, 7) is 2.68. The Bertz CT molecular complexity index is 627. The van der Waals surface area contributed by atoms with Crippen LogP contribution < -0.4 is 5.32 Å². The summed E-state index contributed by atoms with van der Waals surface area (Å²) in [5.41, 5.74) is 0.686. The molecule has 1 fully saturated rings. The van der Waals surface area contributed by atoms with Crippen LogP contribution in [0.4, 0.5) is 0 Å². The first-order valence-corrected chi connectivity index (χ1v) is 7.66. The van der Waals surface area contributed by atoms with Gasteiger partial charge in [-0.2, -0.15) is 0 Å². The van der Waals surface area contributed by atoms with Crippen LogP contribution in [0.1, 0.15) is 23.2 Å². The van der Waals surface area contributed by atoms with Gasteiger partial charge in [-0.1, -0.05) is 0 Å². The summed E-state index contributed by atoms with van der Waals surface area (Å²) in [5, 5.41) is 3.22. The van der Waals surface area contributed by atoms with Gasteiger partial charge in [-0.05, 0) is 44.5 Å². The number of halogens is 2. The van der Waals surface area contributed by atoms with Crippen LogP contribution in [-0.2, 0) is 0 Å².